The van der Waals surface area contributed by atoms with E-state index in [1.165, 1.54) is 11.1 Å². The maximum atomic E-state index is 13.3. The van der Waals surface area contributed by atoms with E-state index in [0.717, 1.165) is 5.56 Å². The van der Waals surface area contributed by atoms with Crippen molar-refractivity contribution in [1.82, 2.24) is 4.98 Å². The number of nitrogens with zero attached hydrogens (tertiary/aromatic N) is 2. The first kappa shape index (κ1) is 19.8. The van der Waals surface area contributed by atoms with Gasteiger partial charge in [-0.2, -0.15) is 0 Å². The van der Waals surface area contributed by atoms with Crippen molar-refractivity contribution in [2.75, 3.05) is 4.90 Å². The third-order valence-corrected chi connectivity index (χ3v) is 5.81. The van der Waals surface area contributed by atoms with Crippen LogP contribution >= 0.6 is 27.5 Å². The van der Waals surface area contributed by atoms with Crippen LogP contribution in [0.25, 0.3) is 0 Å². The molecule has 7 heteroatoms. The number of aliphatic hydroxyl groups is 1. The molecule has 0 radical (unpaired) electrons. The molecule has 1 atom stereocenters. The molecule has 0 unspecified atom stereocenters. The molecule has 146 valence electrons. The van der Waals surface area contributed by atoms with E-state index in [1.807, 2.05) is 18.2 Å². The van der Waals surface area contributed by atoms with Crippen LogP contribution in [0.1, 0.15) is 28.0 Å². The minimum absolute atomic E-state index is 0.188. The lowest BCUT2D eigenvalue weighted by Gasteiger charge is -2.23. The summed E-state index contributed by atoms with van der Waals surface area (Å²) in [5, 5.41) is 11.9. The van der Waals surface area contributed by atoms with E-state index in [4.69, 9.17) is 11.6 Å². The van der Waals surface area contributed by atoms with Crippen molar-refractivity contribution in [3.63, 3.8) is 0 Å². The minimum Gasteiger partial charge on any atom is -0.375 e. The smallest absolute Gasteiger partial charge is 0.264 e. The predicted molar refractivity (Wildman–Crippen MR) is 114 cm³/mol. The molecule has 0 bridgehead atoms. The SMILES string of the molecule is O=C(C[C@@]1(O)C(=O)N(Cc2ccccc2Cl)c2ccc(Br)cc21)c1ccccn1. The van der Waals surface area contributed by atoms with Crippen molar-refractivity contribution in [3.05, 3.63) is 93.2 Å². The molecule has 0 saturated carbocycles. The van der Waals surface area contributed by atoms with Crippen LogP contribution in [0.2, 0.25) is 5.02 Å². The molecule has 1 N–H and O–H groups in total. The number of carbonyl (C=O) groups is 2. The van der Waals surface area contributed by atoms with E-state index in [-0.39, 0.29) is 12.2 Å². The fourth-order valence-electron chi connectivity index (χ4n) is 3.50. The van der Waals surface area contributed by atoms with Crippen molar-refractivity contribution in [2.24, 2.45) is 0 Å². The number of rotatable bonds is 5. The van der Waals surface area contributed by atoms with Gasteiger partial charge in [0.15, 0.2) is 11.4 Å². The zero-order valence-electron chi connectivity index (χ0n) is 15.2. The van der Waals surface area contributed by atoms with E-state index in [1.54, 1.807) is 42.5 Å². The topological polar surface area (TPSA) is 70.5 Å². The fraction of sp³-hybridized carbons (Fsp3) is 0.136. The molecule has 1 aliphatic heterocycles. The molecule has 1 aliphatic rings. The number of ketones is 1. The average Bonchev–Trinajstić information content (AvgIpc) is 2.92. The number of halogens is 2. The lowest BCUT2D eigenvalue weighted by atomic mass is 9.89. The summed E-state index contributed by atoms with van der Waals surface area (Å²) < 4.78 is 0.701. The molecular weight excluding hydrogens is 456 g/mol. The van der Waals surface area contributed by atoms with Crippen LogP contribution in [0.15, 0.2) is 71.3 Å². The number of hydrogen-bond acceptors (Lipinski definition) is 4. The van der Waals surface area contributed by atoms with Crippen molar-refractivity contribution < 1.29 is 14.7 Å². The number of pyridine rings is 1. The van der Waals surface area contributed by atoms with Gasteiger partial charge in [-0.15, -0.1) is 0 Å². The quantitative estimate of drug-likeness (QED) is 0.556. The number of aromatic nitrogens is 1. The summed E-state index contributed by atoms with van der Waals surface area (Å²) in [6.07, 6.45) is 1.10. The Morgan fingerprint density at radius 3 is 2.62 bits per heavy atom. The molecule has 2 heterocycles. The maximum absolute atomic E-state index is 13.3. The third-order valence-electron chi connectivity index (χ3n) is 4.95. The highest BCUT2D eigenvalue weighted by atomic mass is 79.9. The molecule has 2 aromatic carbocycles. The molecule has 29 heavy (non-hydrogen) atoms. The van der Waals surface area contributed by atoms with Crippen LogP contribution in [0, 0.1) is 0 Å². The minimum atomic E-state index is -1.98. The Morgan fingerprint density at radius 2 is 1.90 bits per heavy atom. The van der Waals surface area contributed by atoms with Gasteiger partial charge in [-0.05, 0) is 42.0 Å². The molecule has 1 aromatic heterocycles. The highest BCUT2D eigenvalue weighted by molar-refractivity contribution is 9.10. The van der Waals surface area contributed by atoms with Crippen molar-refractivity contribution in [3.8, 4) is 0 Å². The van der Waals surface area contributed by atoms with E-state index in [9.17, 15) is 14.7 Å². The average molecular weight is 472 g/mol. The molecule has 0 aliphatic carbocycles. The van der Waals surface area contributed by atoms with E-state index >= 15 is 0 Å². The number of anilines is 1. The Kier molecular flexibility index (Phi) is 5.25. The van der Waals surface area contributed by atoms with Gasteiger partial charge < -0.3 is 10.0 Å². The zero-order chi connectivity index (χ0) is 20.6. The molecule has 0 fully saturated rings. The molecular formula is C22H16BrClN2O3. The Balaban J connectivity index is 1.73. The van der Waals surface area contributed by atoms with Gasteiger partial charge in [-0.3, -0.25) is 14.6 Å². The van der Waals surface area contributed by atoms with Gasteiger partial charge in [0.25, 0.3) is 5.91 Å². The van der Waals surface area contributed by atoms with Crippen molar-refractivity contribution in [2.45, 2.75) is 18.6 Å². The zero-order valence-corrected chi connectivity index (χ0v) is 17.5. The molecule has 0 saturated heterocycles. The van der Waals surface area contributed by atoms with Gasteiger partial charge >= 0.3 is 0 Å². The molecule has 0 spiro atoms. The second-order valence-corrected chi connectivity index (χ2v) is 8.14. The fourth-order valence-corrected chi connectivity index (χ4v) is 4.05. The van der Waals surface area contributed by atoms with E-state index in [0.29, 0.717) is 20.7 Å². The summed E-state index contributed by atoms with van der Waals surface area (Å²) in [5.74, 6) is -0.971. The standard InChI is InChI=1S/C22H16BrClN2O3/c23-15-8-9-19-16(11-15)22(29,12-20(27)18-7-3-4-10-25-18)21(28)26(19)13-14-5-1-2-6-17(14)24/h1-11,29H,12-13H2/t22-/m0/s1. The second kappa shape index (κ2) is 7.71. The number of amides is 1. The van der Waals surface area contributed by atoms with Gasteiger partial charge in [0.1, 0.15) is 5.69 Å². The largest absolute Gasteiger partial charge is 0.375 e. The Labute approximate surface area is 181 Å². The Morgan fingerprint density at radius 1 is 1.14 bits per heavy atom. The van der Waals surface area contributed by atoms with Crippen LogP contribution in [0.5, 0.6) is 0 Å². The van der Waals surface area contributed by atoms with Gasteiger partial charge in [0, 0.05) is 21.3 Å². The number of Topliss-reactive ketones (excluding diaryl/α,β-unsaturated/α-hetero) is 1. The highest BCUT2D eigenvalue weighted by Gasteiger charge is 2.51. The number of hydrogen-bond donors (Lipinski definition) is 1. The first-order valence-electron chi connectivity index (χ1n) is 8.92. The monoisotopic (exact) mass is 470 g/mol. The summed E-state index contributed by atoms with van der Waals surface area (Å²) in [7, 11) is 0. The first-order chi connectivity index (χ1) is 13.9. The Hall–Kier alpha value is -2.54. The maximum Gasteiger partial charge on any atom is 0.264 e. The highest BCUT2D eigenvalue weighted by Crippen LogP contribution is 2.45. The summed E-state index contributed by atoms with van der Waals surface area (Å²) in [5.41, 5.74) is -0.0937. The number of fused-ring (bicyclic) bond motifs is 1. The van der Waals surface area contributed by atoms with Crippen LogP contribution in [-0.2, 0) is 16.9 Å². The predicted octanol–water partition coefficient (Wildman–Crippen LogP) is 4.50. The van der Waals surface area contributed by atoms with Crippen LogP contribution < -0.4 is 4.90 Å². The summed E-state index contributed by atoms with van der Waals surface area (Å²) in [6.45, 7) is 0.188. The summed E-state index contributed by atoms with van der Waals surface area (Å²) in [6, 6.07) is 17.4. The van der Waals surface area contributed by atoms with Gasteiger partial charge in [0.2, 0.25) is 0 Å². The molecule has 3 aromatic rings. The number of benzene rings is 2. The van der Waals surface area contributed by atoms with Gasteiger partial charge in [-0.25, -0.2) is 0 Å². The second-order valence-electron chi connectivity index (χ2n) is 6.82. The van der Waals surface area contributed by atoms with Crippen molar-refractivity contribution >= 4 is 44.9 Å². The van der Waals surface area contributed by atoms with Crippen LogP contribution in [-0.4, -0.2) is 21.8 Å². The van der Waals surface area contributed by atoms with Gasteiger partial charge in [0.05, 0.1) is 18.7 Å². The Bertz CT molecular complexity index is 1110. The summed E-state index contributed by atoms with van der Waals surface area (Å²) >= 11 is 9.65. The van der Waals surface area contributed by atoms with Crippen LogP contribution in [0.4, 0.5) is 5.69 Å². The van der Waals surface area contributed by atoms with Gasteiger partial charge in [-0.1, -0.05) is 51.8 Å². The normalized spacial score (nSPS) is 18.0. The lowest BCUT2D eigenvalue weighted by molar-refractivity contribution is -0.136. The van der Waals surface area contributed by atoms with Crippen LogP contribution in [0.3, 0.4) is 0 Å². The van der Waals surface area contributed by atoms with Crippen molar-refractivity contribution in [1.29, 1.82) is 0 Å². The molecule has 5 nitrogen and oxygen atoms in total. The summed E-state index contributed by atoms with van der Waals surface area (Å²) in [4.78, 5) is 31.6. The lowest BCUT2D eigenvalue weighted by Crippen LogP contribution is -2.41. The molecule has 4 rings (SSSR count). The first-order valence-corrected chi connectivity index (χ1v) is 10.1. The molecule has 1 amide bonds. The van der Waals surface area contributed by atoms with E-state index < -0.39 is 23.7 Å². The third kappa shape index (κ3) is 3.59. The number of carbonyl (C=O) groups excluding carboxylic acids is 2. The van der Waals surface area contributed by atoms with E-state index in [2.05, 4.69) is 20.9 Å².